The Morgan fingerprint density at radius 2 is 2.00 bits per heavy atom. The molecular weight excluding hydrogens is 466 g/mol. The summed E-state index contributed by atoms with van der Waals surface area (Å²) in [7, 11) is -0.626. The van der Waals surface area contributed by atoms with Crippen molar-refractivity contribution in [2.45, 2.75) is 25.8 Å². The number of anilines is 4. The summed E-state index contributed by atoms with van der Waals surface area (Å²) in [5, 5.41) is 3.45. The van der Waals surface area contributed by atoms with Gasteiger partial charge in [0.2, 0.25) is 5.91 Å². The molecule has 1 N–H and O–H groups in total. The van der Waals surface area contributed by atoms with E-state index in [-0.39, 0.29) is 30.9 Å². The third kappa shape index (κ3) is 4.53. The Morgan fingerprint density at radius 3 is 2.78 bits per heavy atom. The standard InChI is InChI=1S/C26H30F2N6O2/c1-16-24(30-18-13-19(15-29-14-18)33-7-9-36-10-8-33)23-20(28)11-17(27)12-21(23)31-25(16)34-6-4-5-22(34)26(35)32(2)3/h11-15,22H,4-10H2,1-3H3,(H,30,31)/t22-/m0/s1/i2D,3D. The first-order valence-corrected chi connectivity index (χ1v) is 11.9. The minimum absolute atomic E-state index is 0.124. The number of hydrogen-bond donors (Lipinski definition) is 1. The maximum atomic E-state index is 15.2. The molecule has 0 spiro atoms. The van der Waals surface area contributed by atoms with E-state index >= 15 is 4.39 Å². The molecule has 1 aromatic carbocycles. The molecule has 3 aromatic rings. The Balaban J connectivity index is 1.58. The molecule has 10 heteroatoms. The van der Waals surface area contributed by atoms with Gasteiger partial charge in [-0.1, -0.05) is 0 Å². The summed E-state index contributed by atoms with van der Waals surface area (Å²) < 4.78 is 50.2. The number of amides is 1. The Morgan fingerprint density at radius 1 is 1.19 bits per heavy atom. The minimum atomic E-state index is -0.747. The quantitative estimate of drug-likeness (QED) is 0.573. The number of benzene rings is 1. The monoisotopic (exact) mass is 498 g/mol. The lowest BCUT2D eigenvalue weighted by molar-refractivity contribution is -0.129. The molecule has 2 aromatic heterocycles. The van der Waals surface area contributed by atoms with Gasteiger partial charge in [-0.05, 0) is 25.8 Å². The average Bonchev–Trinajstić information content (AvgIpc) is 3.41. The van der Waals surface area contributed by atoms with E-state index in [1.165, 1.54) is 6.07 Å². The van der Waals surface area contributed by atoms with Crippen molar-refractivity contribution in [3.63, 3.8) is 0 Å². The molecule has 8 nitrogen and oxygen atoms in total. The maximum Gasteiger partial charge on any atom is 0.244 e. The Labute approximate surface area is 211 Å². The van der Waals surface area contributed by atoms with Gasteiger partial charge in [-0.15, -0.1) is 0 Å². The smallest absolute Gasteiger partial charge is 0.244 e. The number of aromatic nitrogens is 2. The fraction of sp³-hybridized carbons (Fsp3) is 0.423. The second kappa shape index (κ2) is 9.85. The van der Waals surface area contributed by atoms with Crippen LogP contribution in [-0.4, -0.2) is 73.7 Å². The van der Waals surface area contributed by atoms with Gasteiger partial charge in [-0.3, -0.25) is 9.78 Å². The number of fused-ring (bicyclic) bond motifs is 1. The number of likely N-dealkylation sites (N-methyl/N-ethyl adjacent to an activating group) is 1. The molecule has 36 heavy (non-hydrogen) atoms. The van der Waals surface area contributed by atoms with Gasteiger partial charge in [0.1, 0.15) is 23.5 Å². The van der Waals surface area contributed by atoms with Crippen molar-refractivity contribution in [1.29, 1.82) is 0 Å². The van der Waals surface area contributed by atoms with Gasteiger partial charge < -0.3 is 24.8 Å². The van der Waals surface area contributed by atoms with Crippen LogP contribution in [0.3, 0.4) is 0 Å². The lowest BCUT2D eigenvalue weighted by Crippen LogP contribution is -2.43. The third-order valence-corrected chi connectivity index (χ3v) is 6.71. The Hall–Kier alpha value is -3.53. The topological polar surface area (TPSA) is 73.8 Å². The summed E-state index contributed by atoms with van der Waals surface area (Å²) >= 11 is 0. The van der Waals surface area contributed by atoms with E-state index in [4.69, 9.17) is 7.48 Å². The Bertz CT molecular complexity index is 1340. The molecule has 5 rings (SSSR count). The summed E-state index contributed by atoms with van der Waals surface area (Å²) in [5.41, 5.74) is 2.67. The van der Waals surface area contributed by atoms with Gasteiger partial charge in [0.05, 0.1) is 53.6 Å². The number of rotatable bonds is 5. The van der Waals surface area contributed by atoms with E-state index in [0.717, 1.165) is 29.7 Å². The summed E-state index contributed by atoms with van der Waals surface area (Å²) in [5.74, 6) is -1.38. The number of nitrogens with zero attached hydrogens (tertiary/aromatic N) is 5. The number of hydrogen-bond acceptors (Lipinski definition) is 7. The summed E-state index contributed by atoms with van der Waals surface area (Å²) in [6.45, 7) is 5.03. The molecule has 1 atom stereocenters. The molecule has 190 valence electrons. The van der Waals surface area contributed by atoms with Crippen molar-refractivity contribution in [3.05, 3.63) is 47.8 Å². The highest BCUT2D eigenvalue weighted by Crippen LogP contribution is 2.39. The van der Waals surface area contributed by atoms with E-state index in [9.17, 15) is 9.18 Å². The first-order valence-electron chi connectivity index (χ1n) is 13.3. The predicted octanol–water partition coefficient (Wildman–Crippen LogP) is 3.85. The largest absolute Gasteiger partial charge is 0.378 e. The van der Waals surface area contributed by atoms with Crippen LogP contribution in [-0.2, 0) is 9.53 Å². The van der Waals surface area contributed by atoms with Crippen LogP contribution in [0.2, 0.25) is 0 Å². The van der Waals surface area contributed by atoms with Crippen molar-refractivity contribution in [2.75, 3.05) is 62.0 Å². The van der Waals surface area contributed by atoms with E-state index in [2.05, 4.69) is 20.2 Å². The maximum absolute atomic E-state index is 15.2. The minimum Gasteiger partial charge on any atom is -0.378 e. The van der Waals surface area contributed by atoms with E-state index in [0.29, 0.717) is 55.4 Å². The zero-order valence-electron chi connectivity index (χ0n) is 22.1. The lowest BCUT2D eigenvalue weighted by atomic mass is 10.1. The van der Waals surface area contributed by atoms with Crippen LogP contribution in [0.15, 0.2) is 30.6 Å². The lowest BCUT2D eigenvalue weighted by Gasteiger charge is -2.30. The number of carbonyl (C=O) groups excluding carboxylic acids is 1. The van der Waals surface area contributed by atoms with Crippen molar-refractivity contribution < 1.29 is 21.1 Å². The number of halogens is 2. The molecule has 2 aliphatic rings. The van der Waals surface area contributed by atoms with Crippen LogP contribution in [0.5, 0.6) is 0 Å². The molecule has 0 bridgehead atoms. The van der Waals surface area contributed by atoms with Crippen LogP contribution in [0, 0.1) is 18.6 Å². The first kappa shape index (κ1) is 21.7. The number of nitrogens with one attached hydrogen (secondary N) is 1. The highest BCUT2D eigenvalue weighted by Gasteiger charge is 2.34. The highest BCUT2D eigenvalue weighted by molar-refractivity contribution is 5.98. The average molecular weight is 499 g/mol. The molecular formula is C26H30F2N6O2. The number of morpholine rings is 1. The summed E-state index contributed by atoms with van der Waals surface area (Å²) in [6.07, 6.45) is 4.66. The van der Waals surface area contributed by atoms with E-state index in [1.54, 1.807) is 19.3 Å². The molecule has 0 aliphatic carbocycles. The summed E-state index contributed by atoms with van der Waals surface area (Å²) in [6, 6.07) is 3.33. The Kier molecular flexibility index (Phi) is 5.94. The molecule has 4 heterocycles. The van der Waals surface area contributed by atoms with E-state index < -0.39 is 17.7 Å². The third-order valence-electron chi connectivity index (χ3n) is 6.71. The predicted molar refractivity (Wildman–Crippen MR) is 136 cm³/mol. The molecule has 0 saturated carbocycles. The zero-order chi connectivity index (χ0) is 26.8. The fourth-order valence-corrected chi connectivity index (χ4v) is 4.95. The van der Waals surface area contributed by atoms with Gasteiger partial charge in [-0.2, -0.15) is 0 Å². The van der Waals surface area contributed by atoms with Crippen molar-refractivity contribution >= 4 is 39.7 Å². The van der Waals surface area contributed by atoms with Gasteiger partial charge in [-0.25, -0.2) is 13.8 Å². The van der Waals surface area contributed by atoms with Gasteiger partial charge in [0.25, 0.3) is 0 Å². The second-order valence-electron chi connectivity index (χ2n) is 9.10. The van der Waals surface area contributed by atoms with Gasteiger partial charge in [0.15, 0.2) is 0 Å². The van der Waals surface area contributed by atoms with Crippen molar-refractivity contribution in [3.8, 4) is 0 Å². The normalized spacial score (nSPS) is 18.8. The van der Waals surface area contributed by atoms with Gasteiger partial charge in [0, 0.05) is 54.1 Å². The van der Waals surface area contributed by atoms with E-state index in [1.807, 2.05) is 11.0 Å². The molecule has 2 saturated heterocycles. The van der Waals surface area contributed by atoms with Crippen LogP contribution >= 0.6 is 0 Å². The first-order chi connectivity index (χ1) is 18.4. The van der Waals surface area contributed by atoms with Crippen LogP contribution in [0.4, 0.5) is 31.7 Å². The van der Waals surface area contributed by atoms with Crippen LogP contribution in [0.1, 0.15) is 21.1 Å². The highest BCUT2D eigenvalue weighted by atomic mass is 19.1. The number of carbonyl (C=O) groups is 1. The fourth-order valence-electron chi connectivity index (χ4n) is 4.95. The van der Waals surface area contributed by atoms with Crippen molar-refractivity contribution in [1.82, 2.24) is 14.9 Å². The van der Waals surface area contributed by atoms with Crippen LogP contribution in [0.25, 0.3) is 10.9 Å². The van der Waals surface area contributed by atoms with Crippen molar-refractivity contribution in [2.24, 2.45) is 0 Å². The summed E-state index contributed by atoms with van der Waals surface area (Å²) in [4.78, 5) is 27.2. The number of pyridine rings is 2. The molecule has 0 unspecified atom stereocenters. The second-order valence-corrected chi connectivity index (χ2v) is 9.10. The molecule has 2 fully saturated rings. The molecule has 2 aliphatic heterocycles. The molecule has 0 radical (unpaired) electrons. The molecule has 1 amide bonds. The number of ether oxygens (including phenoxy) is 1. The van der Waals surface area contributed by atoms with Gasteiger partial charge >= 0.3 is 0 Å². The zero-order valence-corrected chi connectivity index (χ0v) is 20.1. The van der Waals surface area contributed by atoms with Crippen LogP contribution < -0.4 is 15.1 Å². The SMILES string of the molecule is [2H]CN(C[2H])C(=O)[C@@H]1CCCN1c1nc2cc(F)cc(F)c2c(Nc2cncc(N3CCOCC3)c2)c1C.